The molecule has 1 aliphatic carbocycles. The number of amides is 1. The highest BCUT2D eigenvalue weighted by Gasteiger charge is 2.26. The molecule has 1 aliphatic rings. The zero-order valence-electron chi connectivity index (χ0n) is 21.7. The van der Waals surface area contributed by atoms with E-state index in [-0.39, 0.29) is 29.7 Å². The summed E-state index contributed by atoms with van der Waals surface area (Å²) in [6.45, 7) is -2.52. The number of nitrogens with one attached hydrogen (secondary N) is 2. The fourth-order valence-corrected chi connectivity index (χ4v) is 3.11. The van der Waals surface area contributed by atoms with Crippen LogP contribution in [0.5, 0.6) is 5.75 Å². The van der Waals surface area contributed by atoms with Gasteiger partial charge in [-0.3, -0.25) is 4.79 Å². The number of aliphatic imine (C=N–C) groups is 1. The number of benzene rings is 1. The molecule has 11 nitrogen and oxygen atoms in total. The molecule has 1 aromatic carbocycles. The van der Waals surface area contributed by atoms with E-state index in [1.54, 1.807) is 18.2 Å². The monoisotopic (exact) mass is 449 g/mol. The second-order valence-electron chi connectivity index (χ2n) is 7.18. The number of carbonyl (C=O) groups excluding carboxylic acids is 1. The zero-order chi connectivity index (χ0) is 26.6. The van der Waals surface area contributed by atoms with Crippen LogP contribution < -0.4 is 21.1 Å². The first-order valence-corrected chi connectivity index (χ1v) is 9.96. The first kappa shape index (κ1) is 17.1. The predicted octanol–water partition coefficient (Wildman–Crippen LogP) is 1.88. The third kappa shape index (κ3) is 4.74. The molecule has 168 valence electrons. The smallest absolute Gasteiger partial charge is 0.273 e. The van der Waals surface area contributed by atoms with Gasteiger partial charge in [0.25, 0.3) is 5.91 Å². The minimum absolute atomic E-state index is 0.138. The van der Waals surface area contributed by atoms with Crippen molar-refractivity contribution in [2.45, 2.75) is 19.4 Å². The van der Waals surface area contributed by atoms with Crippen LogP contribution in [0.2, 0.25) is 0 Å². The molecule has 0 aliphatic heterocycles. The van der Waals surface area contributed by atoms with Gasteiger partial charge in [-0.25, -0.2) is 14.7 Å². The topological polar surface area (TPSA) is 145 Å². The minimum Gasteiger partial charge on any atom is -0.494 e. The molecule has 0 atom stereocenters. The van der Waals surface area contributed by atoms with Crippen molar-refractivity contribution in [1.82, 2.24) is 30.3 Å². The molecule has 33 heavy (non-hydrogen) atoms. The first-order chi connectivity index (χ1) is 17.7. The van der Waals surface area contributed by atoms with Gasteiger partial charge in [-0.2, -0.15) is 0 Å². The fraction of sp³-hybridized carbons (Fsp3) is 0.273. The average molecular weight is 450 g/mol. The summed E-state index contributed by atoms with van der Waals surface area (Å²) in [6.07, 6.45) is 5.42. The van der Waals surface area contributed by atoms with Crippen LogP contribution in [-0.2, 0) is 6.54 Å². The number of methoxy groups -OCH3 is 1. The van der Waals surface area contributed by atoms with Crippen molar-refractivity contribution in [2.75, 3.05) is 19.4 Å². The Morgan fingerprint density at radius 3 is 3.09 bits per heavy atom. The number of nitrogens with two attached hydrogens (primary N) is 1. The lowest BCUT2D eigenvalue weighted by Crippen LogP contribution is -2.21. The molecule has 0 saturated heterocycles. The van der Waals surface area contributed by atoms with Crippen LogP contribution in [0.4, 0.5) is 17.2 Å². The van der Waals surface area contributed by atoms with Gasteiger partial charge in [-0.05, 0) is 25.0 Å². The van der Waals surface area contributed by atoms with E-state index < -0.39 is 12.9 Å². The number of carbonyl (C=O) groups is 1. The molecular weight excluding hydrogens is 422 g/mol. The van der Waals surface area contributed by atoms with E-state index in [1.165, 1.54) is 24.2 Å². The van der Waals surface area contributed by atoms with Gasteiger partial charge >= 0.3 is 0 Å². The van der Waals surface area contributed by atoms with Gasteiger partial charge in [0.15, 0.2) is 23.1 Å². The van der Waals surface area contributed by atoms with Gasteiger partial charge in [-0.1, -0.05) is 12.0 Å². The molecular formula is C22H23N9O2. The van der Waals surface area contributed by atoms with E-state index in [4.69, 9.17) is 16.0 Å². The van der Waals surface area contributed by atoms with Gasteiger partial charge in [0.05, 0.1) is 24.0 Å². The highest BCUT2D eigenvalue weighted by molar-refractivity contribution is 5.99. The Hall–Kier alpha value is -4.46. The molecule has 1 amide bonds. The normalized spacial score (nSPS) is 15.2. The maximum atomic E-state index is 12.7. The van der Waals surface area contributed by atoms with Crippen molar-refractivity contribution in [3.8, 4) is 29.5 Å². The lowest BCUT2D eigenvalue weighted by Gasteiger charge is -2.15. The summed E-state index contributed by atoms with van der Waals surface area (Å²) in [4.78, 5) is 21.3. The Labute approximate surface area is 196 Å². The van der Waals surface area contributed by atoms with E-state index in [1.807, 2.05) is 5.32 Å². The molecule has 0 bridgehead atoms. The Morgan fingerprint density at radius 2 is 2.33 bits per heavy atom. The first-order valence-electron chi connectivity index (χ1n) is 12.0. The van der Waals surface area contributed by atoms with Gasteiger partial charge in [0.1, 0.15) is 20.1 Å². The number of rotatable bonds is 8. The number of ether oxygens (including phenoxy) is 1. The second kappa shape index (κ2) is 9.35. The van der Waals surface area contributed by atoms with Crippen LogP contribution in [0.25, 0.3) is 11.4 Å². The number of amidine groups is 1. The molecule has 4 N–H and O–H groups in total. The van der Waals surface area contributed by atoms with Crippen molar-refractivity contribution in [2.24, 2.45) is 16.6 Å². The Bertz CT molecular complexity index is 1410. The lowest BCUT2D eigenvalue weighted by molar-refractivity contribution is 0.0958. The van der Waals surface area contributed by atoms with E-state index in [9.17, 15) is 4.79 Å². The molecule has 0 unspecified atom stereocenters. The van der Waals surface area contributed by atoms with Gasteiger partial charge in [0, 0.05) is 23.1 Å². The maximum absolute atomic E-state index is 12.7. The highest BCUT2D eigenvalue weighted by atomic mass is 16.5. The SMILES string of the molecule is [2H]C#CCn1cnc(-c2cccc(Nc3cc(N=C(N)C4CC4)nnc3C(=O)NC([2H])([2H])[2H])c2OC)n1. The van der Waals surface area contributed by atoms with Gasteiger partial charge in [-0.15, -0.1) is 21.7 Å². The number of nitrogens with zero attached hydrogens (tertiary/aromatic N) is 6. The number of anilines is 2. The summed E-state index contributed by atoms with van der Waals surface area (Å²) < 4.78 is 36.2. The summed E-state index contributed by atoms with van der Waals surface area (Å²) in [5, 5.41) is 17.2. The number of para-hydroxylation sites is 1. The van der Waals surface area contributed by atoms with Crippen molar-refractivity contribution < 1.29 is 15.0 Å². The predicted molar refractivity (Wildman–Crippen MR) is 124 cm³/mol. The largest absolute Gasteiger partial charge is 0.494 e. The molecule has 0 spiro atoms. The molecule has 2 aromatic heterocycles. The van der Waals surface area contributed by atoms with Crippen molar-refractivity contribution >= 4 is 28.9 Å². The third-order valence-corrected chi connectivity index (χ3v) is 4.86. The van der Waals surface area contributed by atoms with Crippen LogP contribution in [0.3, 0.4) is 0 Å². The summed E-state index contributed by atoms with van der Waals surface area (Å²) in [5.41, 5.74) is 6.85. The Balaban J connectivity index is 1.73. The Kier molecular flexibility index (Phi) is 4.86. The van der Waals surface area contributed by atoms with Crippen LogP contribution in [0.1, 0.15) is 28.8 Å². The summed E-state index contributed by atoms with van der Waals surface area (Å²) >= 11 is 0. The zero-order valence-corrected chi connectivity index (χ0v) is 17.7. The van der Waals surface area contributed by atoms with E-state index >= 15 is 0 Å². The summed E-state index contributed by atoms with van der Waals surface area (Å²) in [6, 6.07) is 6.62. The Morgan fingerprint density at radius 1 is 1.45 bits per heavy atom. The van der Waals surface area contributed by atoms with Crippen LogP contribution >= 0.6 is 0 Å². The van der Waals surface area contributed by atoms with Crippen LogP contribution in [-0.4, -0.2) is 50.8 Å². The summed E-state index contributed by atoms with van der Waals surface area (Å²) in [7, 11) is 1.46. The fourth-order valence-electron chi connectivity index (χ4n) is 3.11. The number of hydrogen-bond donors (Lipinski definition) is 3. The molecule has 3 aromatic rings. The molecule has 0 radical (unpaired) electrons. The van der Waals surface area contributed by atoms with Crippen LogP contribution in [0, 0.1) is 18.2 Å². The lowest BCUT2D eigenvalue weighted by atomic mass is 10.1. The van der Waals surface area contributed by atoms with E-state index in [0.29, 0.717) is 28.7 Å². The average Bonchev–Trinajstić information content (AvgIpc) is 3.60. The van der Waals surface area contributed by atoms with Gasteiger partial charge in [0.2, 0.25) is 0 Å². The van der Waals surface area contributed by atoms with Crippen molar-refractivity contribution in [3.63, 3.8) is 0 Å². The van der Waals surface area contributed by atoms with Gasteiger partial charge < -0.3 is 21.1 Å². The highest BCUT2D eigenvalue weighted by Crippen LogP contribution is 2.37. The molecule has 11 heteroatoms. The number of aromatic nitrogens is 5. The summed E-state index contributed by atoms with van der Waals surface area (Å²) in [5.74, 6) is 3.10. The molecule has 2 heterocycles. The van der Waals surface area contributed by atoms with E-state index in [0.717, 1.165) is 12.8 Å². The quantitative estimate of drug-likeness (QED) is 0.268. The molecule has 1 fully saturated rings. The number of terminal acetylenes is 1. The molecule has 4 rings (SSSR count). The minimum atomic E-state index is -2.73. The maximum Gasteiger partial charge on any atom is 0.273 e. The third-order valence-electron chi connectivity index (χ3n) is 4.86. The van der Waals surface area contributed by atoms with Crippen molar-refractivity contribution in [3.05, 3.63) is 36.3 Å². The number of hydrogen-bond acceptors (Lipinski definition) is 8. The molecule has 1 saturated carbocycles. The van der Waals surface area contributed by atoms with E-state index in [2.05, 4.69) is 42.9 Å². The second-order valence-corrected chi connectivity index (χ2v) is 7.18. The standard InChI is InChI=1S/C22H23N9O2/c1-4-10-31-12-25-21(30-31)14-6-5-7-15(19(14)33-3)26-16-11-17(27-20(23)13-8-9-13)28-29-18(16)22(32)24-2/h1,5-7,11-13H,8-10H2,2-3H3,(H,24,32)(H3,23,26,27,28)/i1D,2D3. The van der Waals surface area contributed by atoms with Crippen LogP contribution in [0.15, 0.2) is 35.6 Å². The van der Waals surface area contributed by atoms with Crippen molar-refractivity contribution in [1.29, 1.82) is 0 Å².